The molecule has 24 nitrogen and oxygen atoms in total. The summed E-state index contributed by atoms with van der Waals surface area (Å²) in [6, 6.07) is 7.08. The molecule has 3 aromatic heterocycles. The Morgan fingerprint density at radius 3 is 1.52 bits per heavy atom. The number of benzene rings is 2. The summed E-state index contributed by atoms with van der Waals surface area (Å²) in [5, 5.41) is 46.4. The lowest BCUT2D eigenvalue weighted by molar-refractivity contribution is 0.280. The predicted octanol–water partition coefficient (Wildman–Crippen LogP) is 6.46. The predicted molar refractivity (Wildman–Crippen MR) is 247 cm³/mol. The first kappa shape index (κ1) is 51.6. The van der Waals surface area contributed by atoms with Crippen molar-refractivity contribution in [2.45, 2.75) is 45.8 Å². The van der Waals surface area contributed by atoms with Crippen LogP contribution in [0.15, 0.2) is 54.3 Å². The summed E-state index contributed by atoms with van der Waals surface area (Å²) >= 11 is 2.02. The first-order chi connectivity index (χ1) is 31.0. The molecule has 0 atom stereocenters. The largest absolute Gasteiger partial charge is 0.494 e. The summed E-state index contributed by atoms with van der Waals surface area (Å²) in [6.45, 7) is 13.7. The van der Waals surface area contributed by atoms with E-state index in [1.165, 1.54) is 25.4 Å². The van der Waals surface area contributed by atoms with E-state index >= 15 is 0 Å². The minimum Gasteiger partial charge on any atom is -0.494 e. The van der Waals surface area contributed by atoms with Gasteiger partial charge in [-0.05, 0) is 53.7 Å². The molecule has 0 unspecified atom stereocenters. The SMILES string of the molecule is CCN(CC)c1cc(Nc2nc(Nc3cc(N(CC)CC)c(OC)cc3N=Nc3nc(C)c(S(=O)(=O)O)s3)nc(N(CCO)CCO)n2)c(N=Nc2nc(C)cs2)cc1OC.O=S(=O)=O. The number of nitrogens with zero attached hydrogens (tertiary/aromatic N) is 12. The monoisotopic (exact) mass is 978 g/mol. The van der Waals surface area contributed by atoms with Crippen LogP contribution in [0.2, 0.25) is 0 Å². The smallest absolute Gasteiger partial charge is 0.425 e. The molecule has 0 amide bonds. The summed E-state index contributed by atoms with van der Waals surface area (Å²) in [5.74, 6) is 1.28. The number of aromatic nitrogens is 5. The lowest BCUT2D eigenvalue weighted by Crippen LogP contribution is -2.31. The Morgan fingerprint density at radius 1 is 0.692 bits per heavy atom. The highest BCUT2D eigenvalue weighted by molar-refractivity contribution is 7.88. The van der Waals surface area contributed by atoms with Gasteiger partial charge in [-0.15, -0.1) is 44.4 Å². The quantitative estimate of drug-likeness (QED) is 0.0367. The zero-order valence-electron chi connectivity index (χ0n) is 36.7. The minimum absolute atomic E-state index is 0.0121. The molecule has 28 heteroatoms. The van der Waals surface area contributed by atoms with E-state index in [-0.39, 0.29) is 64.9 Å². The number of methoxy groups -OCH3 is 2. The molecule has 0 aliphatic rings. The number of hydrogen-bond acceptors (Lipinski definition) is 25. The first-order valence-electron chi connectivity index (χ1n) is 19.7. The number of aliphatic hydroxyl groups is 2. The molecule has 5 aromatic rings. The van der Waals surface area contributed by atoms with Gasteiger partial charge >= 0.3 is 20.7 Å². The van der Waals surface area contributed by atoms with Gasteiger partial charge in [-0.25, -0.2) is 9.97 Å². The number of nitrogens with one attached hydrogen (secondary N) is 2. The third-order valence-electron chi connectivity index (χ3n) is 9.01. The van der Waals surface area contributed by atoms with Crippen molar-refractivity contribution in [1.82, 2.24) is 24.9 Å². The van der Waals surface area contributed by atoms with Crippen molar-refractivity contribution in [2.24, 2.45) is 20.5 Å². The number of ether oxygens (including phenoxy) is 2. The van der Waals surface area contributed by atoms with E-state index in [4.69, 9.17) is 37.1 Å². The van der Waals surface area contributed by atoms with E-state index < -0.39 is 20.7 Å². The maximum absolute atomic E-state index is 11.9. The lowest BCUT2D eigenvalue weighted by Gasteiger charge is -2.25. The van der Waals surface area contributed by atoms with Crippen LogP contribution in [0, 0.1) is 13.8 Å². The Balaban J connectivity index is 0.00000222. The average Bonchev–Trinajstić information content (AvgIpc) is 3.87. The third-order valence-corrected chi connectivity index (χ3v) is 12.3. The van der Waals surface area contributed by atoms with Gasteiger partial charge in [0.05, 0.1) is 61.6 Å². The van der Waals surface area contributed by atoms with Gasteiger partial charge < -0.3 is 45.0 Å². The Morgan fingerprint density at radius 2 is 1.15 bits per heavy atom. The molecular weight excluding hydrogens is 929 g/mol. The topological polar surface area (TPSA) is 312 Å². The number of azo groups is 2. The van der Waals surface area contributed by atoms with Crippen molar-refractivity contribution in [3.05, 3.63) is 41.0 Å². The summed E-state index contributed by atoms with van der Waals surface area (Å²) in [4.78, 5) is 28.5. The molecule has 0 bridgehead atoms. The Kier molecular flexibility index (Phi) is 19.3. The molecule has 2 aromatic carbocycles. The van der Waals surface area contributed by atoms with Crippen molar-refractivity contribution in [3.63, 3.8) is 0 Å². The van der Waals surface area contributed by atoms with Crippen LogP contribution in [0.4, 0.5) is 62.2 Å². The van der Waals surface area contributed by atoms with E-state index in [1.807, 2.05) is 46.1 Å². The molecule has 0 aliphatic heterocycles. The standard InChI is InChI=1S/C37H50N14O7S3.O3S/c1-9-49(10-2)28-17-24(26(19-30(28)57-7)45-47-36-38-22(5)21-59-36)40-33-42-34(44-35(43-33)51(13-15-52)14-16-53)41-25-18-29(50(11-3)12-4)31(58-8)20-27(25)46-48-37-39-23(6)32(60-37)61(54,55)56;1-4(2)3/h17-21,52-53H,9-16H2,1-8H3,(H,54,55,56)(H2,40,41,42,43,44);. The average molecular weight is 979 g/mol. The van der Waals surface area contributed by atoms with Crippen molar-refractivity contribution in [3.8, 4) is 11.5 Å². The number of thiazole rings is 2. The van der Waals surface area contributed by atoms with Crippen molar-refractivity contribution >= 4 is 106 Å². The zero-order chi connectivity index (χ0) is 47.8. The van der Waals surface area contributed by atoms with Gasteiger partial charge in [0.1, 0.15) is 22.9 Å². The summed E-state index contributed by atoms with van der Waals surface area (Å²) < 4.78 is 70.0. The molecule has 3 heterocycles. The van der Waals surface area contributed by atoms with Crippen molar-refractivity contribution in [2.75, 3.05) is 92.0 Å². The van der Waals surface area contributed by atoms with Crippen molar-refractivity contribution in [1.29, 1.82) is 0 Å². The number of anilines is 7. The fourth-order valence-corrected chi connectivity index (χ4v) is 8.38. The van der Waals surface area contributed by atoms with Crippen LogP contribution in [-0.2, 0) is 20.7 Å². The molecule has 5 rings (SSSR count). The van der Waals surface area contributed by atoms with E-state index in [1.54, 1.807) is 30.2 Å². The molecule has 0 saturated heterocycles. The Labute approximate surface area is 385 Å². The highest BCUT2D eigenvalue weighted by Gasteiger charge is 2.22. The minimum atomic E-state index is -4.52. The van der Waals surface area contributed by atoms with Gasteiger partial charge in [0.25, 0.3) is 0 Å². The van der Waals surface area contributed by atoms with E-state index in [0.29, 0.717) is 71.2 Å². The van der Waals surface area contributed by atoms with Crippen LogP contribution in [0.1, 0.15) is 39.1 Å². The van der Waals surface area contributed by atoms with Crippen LogP contribution in [-0.4, -0.2) is 127 Å². The fourth-order valence-electron chi connectivity index (χ4n) is 6.07. The molecule has 0 aliphatic carbocycles. The molecule has 5 N–H and O–H groups in total. The van der Waals surface area contributed by atoms with Gasteiger partial charge in [0, 0.05) is 56.8 Å². The van der Waals surface area contributed by atoms with Crippen LogP contribution in [0.25, 0.3) is 0 Å². The first-order valence-corrected chi connectivity index (χ1v) is 23.8. The summed E-state index contributed by atoms with van der Waals surface area (Å²) in [5.41, 5.74) is 3.88. The summed E-state index contributed by atoms with van der Waals surface area (Å²) in [7, 11) is -4.52. The maximum Gasteiger partial charge on any atom is 0.425 e. The molecule has 0 saturated carbocycles. The number of aryl methyl sites for hydroxylation is 2. The van der Waals surface area contributed by atoms with E-state index in [9.17, 15) is 23.2 Å². The van der Waals surface area contributed by atoms with Crippen LogP contribution in [0.3, 0.4) is 0 Å². The summed E-state index contributed by atoms with van der Waals surface area (Å²) in [6.07, 6.45) is 0. The number of hydrogen-bond donors (Lipinski definition) is 5. The van der Waals surface area contributed by atoms with Crippen LogP contribution < -0.4 is 34.8 Å². The molecule has 352 valence electrons. The highest BCUT2D eigenvalue weighted by Crippen LogP contribution is 2.43. The molecule has 0 spiro atoms. The zero-order valence-corrected chi connectivity index (χ0v) is 40.0. The maximum atomic E-state index is 11.9. The molecular formula is C37H50N14O10S4. The lowest BCUT2D eigenvalue weighted by atomic mass is 10.2. The van der Waals surface area contributed by atoms with Gasteiger partial charge in [-0.3, -0.25) is 4.55 Å². The Hall–Kier alpha value is -6.04. The van der Waals surface area contributed by atoms with Gasteiger partial charge in [0.15, 0.2) is 4.21 Å². The highest BCUT2D eigenvalue weighted by atomic mass is 32.3. The fraction of sp³-hybridized carbons (Fsp3) is 0.432. The third kappa shape index (κ3) is 14.2. The van der Waals surface area contributed by atoms with Crippen LogP contribution >= 0.6 is 22.7 Å². The second kappa shape index (κ2) is 24.3. The second-order valence-corrected chi connectivity index (χ2v) is 17.0. The van der Waals surface area contributed by atoms with Gasteiger partial charge in [-0.2, -0.15) is 23.4 Å². The normalized spacial score (nSPS) is 11.4. The number of aliphatic hydroxyl groups excluding tert-OH is 2. The van der Waals surface area contributed by atoms with Crippen molar-refractivity contribution < 1.29 is 45.3 Å². The molecule has 0 radical (unpaired) electrons. The molecule has 65 heavy (non-hydrogen) atoms. The Bertz CT molecular complexity index is 2660. The number of rotatable bonds is 22. The van der Waals surface area contributed by atoms with Crippen LogP contribution in [0.5, 0.6) is 11.5 Å². The van der Waals surface area contributed by atoms with E-state index in [0.717, 1.165) is 17.1 Å². The van der Waals surface area contributed by atoms with Gasteiger partial charge in [0.2, 0.25) is 28.1 Å². The second-order valence-electron chi connectivity index (χ2n) is 13.1. The molecule has 0 fully saturated rings. The van der Waals surface area contributed by atoms with Gasteiger partial charge in [-0.1, -0.05) is 11.3 Å². The van der Waals surface area contributed by atoms with E-state index in [2.05, 4.69) is 50.9 Å².